The molecular formula is C17H11F3O2. The van der Waals surface area contributed by atoms with Crippen molar-refractivity contribution in [2.24, 2.45) is 0 Å². The van der Waals surface area contributed by atoms with Crippen LogP contribution < -0.4 is 0 Å². The summed E-state index contributed by atoms with van der Waals surface area (Å²) in [5.41, 5.74) is 0.216. The predicted molar refractivity (Wildman–Crippen MR) is 75.6 cm³/mol. The Morgan fingerprint density at radius 1 is 1.05 bits per heavy atom. The van der Waals surface area contributed by atoms with Crippen molar-refractivity contribution >= 4 is 11.9 Å². The molecule has 3 rings (SSSR count). The van der Waals surface area contributed by atoms with Crippen LogP contribution in [-0.4, -0.2) is 10.9 Å². The van der Waals surface area contributed by atoms with E-state index < -0.39 is 17.5 Å². The third-order valence-electron chi connectivity index (χ3n) is 3.62. The summed E-state index contributed by atoms with van der Waals surface area (Å²) < 4.78 is 39.0. The molecule has 22 heavy (non-hydrogen) atoms. The largest absolute Gasteiger partial charge is 0.507 e. The lowest BCUT2D eigenvalue weighted by molar-refractivity contribution is -0.137. The molecule has 1 N–H and O–H groups in total. The number of aromatic hydroxyl groups is 1. The number of fused-ring (bicyclic) bond motifs is 1. The van der Waals surface area contributed by atoms with Crippen LogP contribution in [0.1, 0.15) is 27.0 Å². The lowest BCUT2D eigenvalue weighted by Gasteiger charge is -2.10. The van der Waals surface area contributed by atoms with Crippen molar-refractivity contribution in [2.75, 3.05) is 0 Å². The van der Waals surface area contributed by atoms with Crippen LogP contribution in [0.25, 0.3) is 6.08 Å². The minimum absolute atomic E-state index is 0.0503. The summed E-state index contributed by atoms with van der Waals surface area (Å²) in [7, 11) is 0. The molecule has 0 spiro atoms. The topological polar surface area (TPSA) is 37.3 Å². The summed E-state index contributed by atoms with van der Waals surface area (Å²) >= 11 is 0. The van der Waals surface area contributed by atoms with Gasteiger partial charge in [0.2, 0.25) is 0 Å². The summed E-state index contributed by atoms with van der Waals surface area (Å²) in [5.74, 6) is -0.569. The Bertz CT molecular complexity index is 789. The van der Waals surface area contributed by atoms with Crippen molar-refractivity contribution in [3.63, 3.8) is 0 Å². The Kier molecular flexibility index (Phi) is 3.28. The Labute approximate surface area is 124 Å². The van der Waals surface area contributed by atoms with E-state index in [0.29, 0.717) is 5.56 Å². The van der Waals surface area contributed by atoms with E-state index in [2.05, 4.69) is 0 Å². The number of phenols is 1. The normalized spacial score (nSPS) is 16.1. The molecular weight excluding hydrogens is 293 g/mol. The molecule has 0 saturated heterocycles. The lowest BCUT2D eigenvalue weighted by Crippen LogP contribution is -2.07. The molecule has 1 aliphatic carbocycles. The van der Waals surface area contributed by atoms with Gasteiger partial charge in [0.25, 0.3) is 0 Å². The highest BCUT2D eigenvalue weighted by molar-refractivity contribution is 6.17. The first-order valence-electron chi connectivity index (χ1n) is 6.60. The Hall–Kier alpha value is -2.56. The van der Waals surface area contributed by atoms with Crippen molar-refractivity contribution in [2.45, 2.75) is 12.6 Å². The molecule has 2 aromatic rings. The monoisotopic (exact) mass is 304 g/mol. The van der Waals surface area contributed by atoms with Crippen LogP contribution in [-0.2, 0) is 12.6 Å². The number of phenolic OH excluding ortho intramolecular Hbond substituents is 1. The third kappa shape index (κ3) is 2.39. The highest BCUT2D eigenvalue weighted by Gasteiger charge is 2.33. The number of alkyl halides is 3. The van der Waals surface area contributed by atoms with Gasteiger partial charge >= 0.3 is 6.18 Å². The SMILES string of the molecule is O=C1/C(=C/c2ccccc2C(F)(F)F)Cc2cccc(O)c21. The van der Waals surface area contributed by atoms with Gasteiger partial charge in [-0.3, -0.25) is 4.79 Å². The predicted octanol–water partition coefficient (Wildman–Crippen LogP) is 4.23. The number of carbonyl (C=O) groups excluding carboxylic acids is 1. The van der Waals surface area contributed by atoms with E-state index >= 15 is 0 Å². The minimum Gasteiger partial charge on any atom is -0.507 e. The second kappa shape index (κ2) is 5.02. The van der Waals surface area contributed by atoms with Crippen LogP contribution >= 0.6 is 0 Å². The zero-order valence-corrected chi connectivity index (χ0v) is 11.3. The van der Waals surface area contributed by atoms with Gasteiger partial charge in [-0.25, -0.2) is 0 Å². The van der Waals surface area contributed by atoms with Crippen LogP contribution in [0.15, 0.2) is 48.0 Å². The standard InChI is InChI=1S/C17H11F3O2/c18-17(19,20)13-6-2-1-4-10(13)8-12-9-11-5-3-7-14(21)15(11)16(12)22/h1-8,21H,9H2/b12-8+. The van der Waals surface area contributed by atoms with Gasteiger partial charge in [0.1, 0.15) is 5.75 Å². The number of ketones is 1. The molecule has 1 aliphatic rings. The number of rotatable bonds is 1. The zero-order chi connectivity index (χ0) is 15.9. The fourth-order valence-electron chi connectivity index (χ4n) is 2.63. The molecule has 0 fully saturated rings. The number of hydrogen-bond donors (Lipinski definition) is 1. The van der Waals surface area contributed by atoms with Crippen molar-refractivity contribution in [3.8, 4) is 5.75 Å². The van der Waals surface area contributed by atoms with Gasteiger partial charge in [0, 0.05) is 12.0 Å². The molecule has 2 nitrogen and oxygen atoms in total. The van der Waals surface area contributed by atoms with E-state index in [0.717, 1.165) is 6.07 Å². The number of allylic oxidation sites excluding steroid dienone is 1. The van der Waals surface area contributed by atoms with Crippen molar-refractivity contribution in [1.29, 1.82) is 0 Å². The van der Waals surface area contributed by atoms with Gasteiger partial charge in [-0.15, -0.1) is 0 Å². The summed E-state index contributed by atoms with van der Waals surface area (Å²) in [5, 5.41) is 9.74. The molecule has 0 unspecified atom stereocenters. The van der Waals surface area contributed by atoms with Crippen molar-refractivity contribution in [3.05, 3.63) is 70.3 Å². The molecule has 5 heteroatoms. The summed E-state index contributed by atoms with van der Waals surface area (Å²) in [4.78, 5) is 12.3. The Balaban J connectivity index is 2.07. The first kappa shape index (κ1) is 14.4. The fraction of sp³-hybridized carbons (Fsp3) is 0.118. The third-order valence-corrected chi connectivity index (χ3v) is 3.62. The van der Waals surface area contributed by atoms with E-state index in [9.17, 15) is 23.1 Å². The summed E-state index contributed by atoms with van der Waals surface area (Å²) in [6, 6.07) is 9.79. The number of halogens is 3. The van der Waals surface area contributed by atoms with Gasteiger partial charge in [0.05, 0.1) is 11.1 Å². The van der Waals surface area contributed by atoms with Crippen LogP contribution in [0.2, 0.25) is 0 Å². The molecule has 0 saturated carbocycles. The van der Waals surface area contributed by atoms with Crippen LogP contribution in [0.5, 0.6) is 5.75 Å². The molecule has 0 heterocycles. The van der Waals surface area contributed by atoms with E-state index in [1.54, 1.807) is 12.1 Å². The first-order valence-corrected chi connectivity index (χ1v) is 6.60. The number of hydrogen-bond acceptors (Lipinski definition) is 2. The molecule has 0 radical (unpaired) electrons. The highest BCUT2D eigenvalue weighted by Crippen LogP contribution is 2.36. The molecule has 0 bridgehead atoms. The summed E-state index contributed by atoms with van der Waals surface area (Å²) in [6.45, 7) is 0. The van der Waals surface area contributed by atoms with Gasteiger partial charge < -0.3 is 5.11 Å². The molecule has 0 atom stereocenters. The molecule has 0 amide bonds. The van der Waals surface area contributed by atoms with Gasteiger partial charge in [-0.05, 0) is 29.3 Å². The average molecular weight is 304 g/mol. The Morgan fingerprint density at radius 2 is 1.77 bits per heavy atom. The zero-order valence-electron chi connectivity index (χ0n) is 11.3. The highest BCUT2D eigenvalue weighted by atomic mass is 19.4. The van der Waals surface area contributed by atoms with Crippen molar-refractivity contribution < 1.29 is 23.1 Å². The van der Waals surface area contributed by atoms with Crippen molar-refractivity contribution in [1.82, 2.24) is 0 Å². The molecule has 0 aliphatic heterocycles. The smallest absolute Gasteiger partial charge is 0.416 e. The van der Waals surface area contributed by atoms with E-state index in [-0.39, 0.29) is 28.9 Å². The van der Waals surface area contributed by atoms with E-state index in [4.69, 9.17) is 0 Å². The number of carbonyl (C=O) groups is 1. The molecule has 112 valence electrons. The average Bonchev–Trinajstić information content (AvgIpc) is 2.76. The maximum absolute atomic E-state index is 13.0. The van der Waals surface area contributed by atoms with E-state index in [1.165, 1.54) is 30.3 Å². The second-order valence-electron chi connectivity index (χ2n) is 5.07. The Morgan fingerprint density at radius 3 is 2.45 bits per heavy atom. The summed E-state index contributed by atoms with van der Waals surface area (Å²) in [6.07, 6.45) is -3.01. The fourth-order valence-corrected chi connectivity index (χ4v) is 2.63. The molecule has 0 aromatic heterocycles. The number of Topliss-reactive ketones (excluding diaryl/α,β-unsaturated/α-hetero) is 1. The van der Waals surface area contributed by atoms with E-state index in [1.807, 2.05) is 0 Å². The molecule has 2 aromatic carbocycles. The number of benzene rings is 2. The maximum atomic E-state index is 13.0. The second-order valence-corrected chi connectivity index (χ2v) is 5.07. The first-order chi connectivity index (χ1) is 10.4. The van der Waals surface area contributed by atoms with Crippen LogP contribution in [0, 0.1) is 0 Å². The lowest BCUT2D eigenvalue weighted by atomic mass is 10.0. The van der Waals surface area contributed by atoms with Gasteiger partial charge in [-0.2, -0.15) is 13.2 Å². The minimum atomic E-state index is -4.48. The van der Waals surface area contributed by atoms with Crippen LogP contribution in [0.4, 0.5) is 13.2 Å². The quantitative estimate of drug-likeness (QED) is 0.800. The maximum Gasteiger partial charge on any atom is 0.416 e. The van der Waals surface area contributed by atoms with Crippen LogP contribution in [0.3, 0.4) is 0 Å². The van der Waals surface area contributed by atoms with Gasteiger partial charge in [0.15, 0.2) is 5.78 Å². The van der Waals surface area contributed by atoms with Gasteiger partial charge in [-0.1, -0.05) is 30.3 Å².